The summed E-state index contributed by atoms with van der Waals surface area (Å²) in [5.41, 5.74) is 4.61. The summed E-state index contributed by atoms with van der Waals surface area (Å²) < 4.78 is 41.7. The maximum Gasteiger partial charge on any atom is 0.341 e. The second kappa shape index (κ2) is 18.6. The van der Waals surface area contributed by atoms with Crippen LogP contribution in [0.25, 0.3) is 22.3 Å². The van der Waals surface area contributed by atoms with Gasteiger partial charge in [0.2, 0.25) is 0 Å². The smallest absolute Gasteiger partial charge is 0.341 e. The van der Waals surface area contributed by atoms with Crippen LogP contribution in [0, 0.1) is 27.5 Å². The van der Waals surface area contributed by atoms with E-state index in [-0.39, 0.29) is 27.9 Å². The number of furan rings is 1. The zero-order valence-corrected chi connectivity index (χ0v) is 30.3. The van der Waals surface area contributed by atoms with Crippen molar-refractivity contribution in [1.82, 2.24) is 10.6 Å². The van der Waals surface area contributed by atoms with E-state index in [1.807, 2.05) is 36.4 Å². The number of methoxy groups -OCH3 is 2. The fourth-order valence-electron chi connectivity index (χ4n) is 4.96. The third-order valence-corrected chi connectivity index (χ3v) is 8.95. The highest BCUT2D eigenvalue weighted by atomic mass is 127. The lowest BCUT2D eigenvalue weighted by Gasteiger charge is -2.04. The Labute approximate surface area is 316 Å². The van der Waals surface area contributed by atoms with Crippen LogP contribution in [-0.4, -0.2) is 43.3 Å². The van der Waals surface area contributed by atoms with E-state index in [9.17, 15) is 23.5 Å². The van der Waals surface area contributed by atoms with Gasteiger partial charge in [0.05, 0.1) is 17.8 Å². The summed E-state index contributed by atoms with van der Waals surface area (Å²) in [4.78, 5) is 22.8. The van der Waals surface area contributed by atoms with E-state index in [0.717, 1.165) is 48.5 Å². The molecule has 1 heterocycles. The minimum absolute atomic E-state index is 0. The van der Waals surface area contributed by atoms with E-state index in [1.54, 1.807) is 28.7 Å². The molecule has 5 aromatic rings. The zero-order valence-electron chi connectivity index (χ0n) is 28.1. The number of fused-ring (bicyclic) bond motifs is 1. The average molecular weight is 823 g/mol. The first-order chi connectivity index (χ1) is 24.6. The number of ether oxygens (including phenoxy) is 2. The highest BCUT2D eigenvalue weighted by Gasteiger charge is 2.21. The predicted molar refractivity (Wildman–Crippen MR) is 206 cm³/mol. The van der Waals surface area contributed by atoms with Crippen LogP contribution in [0.15, 0.2) is 83.3 Å². The van der Waals surface area contributed by atoms with E-state index in [1.165, 1.54) is 57.1 Å². The van der Waals surface area contributed by atoms with Crippen LogP contribution in [0.5, 0.6) is 5.75 Å². The van der Waals surface area contributed by atoms with E-state index in [4.69, 9.17) is 15.6 Å². The molecule has 52 heavy (non-hydrogen) atoms. The molecule has 0 amide bonds. The minimum atomic E-state index is -0.755. The number of phenolic OH excluding ortho intramolecular Hbond substituents is 1. The van der Waals surface area contributed by atoms with E-state index >= 15 is 0 Å². The van der Waals surface area contributed by atoms with E-state index < -0.39 is 23.6 Å². The normalized spacial score (nSPS) is 13.0. The molecule has 0 aliphatic heterocycles. The Morgan fingerprint density at radius 3 is 1.85 bits per heavy atom. The molecular formula is C41H41F2IN2O6. The molecule has 11 heteroatoms. The number of hydrogen-bond acceptors (Lipinski definition) is 8. The Morgan fingerprint density at radius 1 is 0.827 bits per heavy atom. The topological polar surface area (TPSA) is 110 Å². The molecule has 8 nitrogen and oxygen atoms in total. The van der Waals surface area contributed by atoms with Gasteiger partial charge in [-0.2, -0.15) is 0 Å². The van der Waals surface area contributed by atoms with Crippen LogP contribution >= 0.6 is 22.6 Å². The first kappa shape index (κ1) is 40.0. The van der Waals surface area contributed by atoms with Crippen molar-refractivity contribution in [3.05, 3.63) is 122 Å². The molecule has 3 N–H and O–H groups in total. The SMILES string of the molecule is C.C#Cc1ccc(CNC2CC2)cc1.COC(=O)c1cc(F)cc(I)c1O.COC(=O)c1cc(F)cc2cc(-c3ccc(CNC4CC4)cc3)oc12. The van der Waals surface area contributed by atoms with Crippen molar-refractivity contribution in [2.45, 2.75) is 58.3 Å². The third-order valence-electron chi connectivity index (χ3n) is 8.12. The second-order valence-corrected chi connectivity index (χ2v) is 13.3. The van der Waals surface area contributed by atoms with Crippen molar-refractivity contribution in [2.24, 2.45) is 0 Å². The number of terminal acetylenes is 1. The highest BCUT2D eigenvalue weighted by Crippen LogP contribution is 2.32. The first-order valence-corrected chi connectivity index (χ1v) is 17.4. The average Bonchev–Trinajstić information content (AvgIpc) is 4.09. The summed E-state index contributed by atoms with van der Waals surface area (Å²) in [6, 6.07) is 23.9. The Balaban J connectivity index is 0.000000190. The number of phenols is 1. The molecule has 0 unspecified atom stereocenters. The Morgan fingerprint density at radius 2 is 1.33 bits per heavy atom. The molecule has 2 saturated carbocycles. The summed E-state index contributed by atoms with van der Waals surface area (Å²) >= 11 is 1.73. The van der Waals surface area contributed by atoms with Gasteiger partial charge in [-0.05, 0) is 102 Å². The van der Waals surface area contributed by atoms with Crippen LogP contribution in [0.2, 0.25) is 0 Å². The highest BCUT2D eigenvalue weighted by molar-refractivity contribution is 14.1. The van der Waals surface area contributed by atoms with Crippen LogP contribution in [0.4, 0.5) is 8.78 Å². The number of carbonyl (C=O) groups excluding carboxylic acids is 2. The summed E-state index contributed by atoms with van der Waals surface area (Å²) in [7, 11) is 2.43. The van der Waals surface area contributed by atoms with Gasteiger partial charge >= 0.3 is 11.9 Å². The van der Waals surface area contributed by atoms with Gasteiger partial charge in [-0.3, -0.25) is 0 Å². The van der Waals surface area contributed by atoms with Gasteiger partial charge in [0, 0.05) is 41.7 Å². The van der Waals surface area contributed by atoms with Crippen LogP contribution in [0.3, 0.4) is 0 Å². The van der Waals surface area contributed by atoms with Crippen LogP contribution in [0.1, 0.15) is 70.5 Å². The molecule has 2 fully saturated rings. The van der Waals surface area contributed by atoms with Gasteiger partial charge < -0.3 is 29.6 Å². The van der Waals surface area contributed by atoms with Gasteiger partial charge in [-0.15, -0.1) is 6.42 Å². The quantitative estimate of drug-likeness (QED) is 0.0770. The molecule has 2 aliphatic carbocycles. The number of esters is 2. The third kappa shape index (κ3) is 11.1. The summed E-state index contributed by atoms with van der Waals surface area (Å²) in [5, 5.41) is 16.8. The Kier molecular flexibility index (Phi) is 14.3. The molecule has 272 valence electrons. The van der Waals surface area contributed by atoms with E-state index in [2.05, 4.69) is 33.4 Å². The summed E-state index contributed by atoms with van der Waals surface area (Å²) in [5.74, 6) is 0.493. The van der Waals surface area contributed by atoms with Gasteiger partial charge in [-0.25, -0.2) is 18.4 Å². The largest absolute Gasteiger partial charge is 0.506 e. The van der Waals surface area contributed by atoms with Gasteiger partial charge in [0.1, 0.15) is 39.9 Å². The molecular weight excluding hydrogens is 781 g/mol. The van der Waals surface area contributed by atoms with Crippen molar-refractivity contribution in [2.75, 3.05) is 14.2 Å². The minimum Gasteiger partial charge on any atom is -0.506 e. The summed E-state index contributed by atoms with van der Waals surface area (Å²) in [6.45, 7) is 1.82. The number of hydrogen-bond donors (Lipinski definition) is 3. The number of benzene rings is 4. The Hall–Kier alpha value is -4.77. The van der Waals surface area contributed by atoms with Crippen molar-refractivity contribution >= 4 is 45.5 Å². The number of halogens is 3. The van der Waals surface area contributed by atoms with Crippen LogP contribution in [-0.2, 0) is 22.6 Å². The van der Waals surface area contributed by atoms with Crippen molar-refractivity contribution < 1.29 is 37.4 Å². The molecule has 0 radical (unpaired) electrons. The lowest BCUT2D eigenvalue weighted by molar-refractivity contribution is 0.0589. The molecule has 0 spiro atoms. The van der Waals surface area contributed by atoms with Gasteiger partial charge in [0.15, 0.2) is 0 Å². The number of nitrogens with one attached hydrogen (secondary N) is 2. The zero-order chi connectivity index (χ0) is 36.5. The fraction of sp³-hybridized carbons (Fsp3) is 0.268. The second-order valence-electron chi connectivity index (χ2n) is 12.1. The van der Waals surface area contributed by atoms with Crippen LogP contribution < -0.4 is 10.6 Å². The first-order valence-electron chi connectivity index (χ1n) is 16.3. The van der Waals surface area contributed by atoms with Crippen molar-refractivity contribution in [3.8, 4) is 29.4 Å². The molecule has 7 rings (SSSR count). The lowest BCUT2D eigenvalue weighted by atomic mass is 10.1. The monoisotopic (exact) mass is 822 g/mol. The lowest BCUT2D eigenvalue weighted by Crippen LogP contribution is -2.15. The van der Waals surface area contributed by atoms with Crippen molar-refractivity contribution in [3.63, 3.8) is 0 Å². The number of aromatic hydroxyl groups is 1. The van der Waals surface area contributed by atoms with Crippen molar-refractivity contribution in [1.29, 1.82) is 0 Å². The number of rotatable bonds is 9. The standard InChI is InChI=1S/C20H18FNO3.C12H13N.C8H6FIO3.CH4/c1-24-20(23)17-10-15(21)8-14-9-18(25-19(14)17)13-4-2-12(3-5-13)11-22-16-6-7-16;1-2-10-3-5-11(6-4-10)9-13-12-7-8-12;1-13-8(12)5-2-4(9)3-6(10)7(5)11;/h2-5,8-10,16,22H,6-7,11H2,1H3;1,3-6,12-13H,7-9H2;2-3,11H,1H3;1H4. The molecule has 2 aliphatic rings. The number of carbonyl (C=O) groups is 2. The molecule has 0 saturated heterocycles. The maximum absolute atomic E-state index is 13.8. The van der Waals surface area contributed by atoms with Gasteiger partial charge in [0.25, 0.3) is 0 Å². The molecule has 1 aromatic heterocycles. The van der Waals surface area contributed by atoms with E-state index in [0.29, 0.717) is 22.8 Å². The maximum atomic E-state index is 13.8. The molecule has 0 bridgehead atoms. The predicted octanol–water partition coefficient (Wildman–Crippen LogP) is 8.76. The molecule has 4 aromatic carbocycles. The fourth-order valence-corrected chi connectivity index (χ4v) is 5.54. The molecule has 0 atom stereocenters. The summed E-state index contributed by atoms with van der Waals surface area (Å²) in [6.07, 6.45) is 10.5. The Bertz CT molecular complexity index is 2030. The van der Waals surface area contributed by atoms with Gasteiger partial charge in [-0.1, -0.05) is 49.7 Å².